The molecular weight excluding hydrogens is 490 g/mol. The first kappa shape index (κ1) is 25.5. The first-order chi connectivity index (χ1) is 18.7. The van der Waals surface area contributed by atoms with E-state index < -0.39 is 11.7 Å². The zero-order chi connectivity index (χ0) is 27.2. The Bertz CT molecular complexity index is 1360. The number of piperazine rings is 1. The lowest BCUT2D eigenvalue weighted by atomic mass is 9.78. The van der Waals surface area contributed by atoms with Crippen LogP contribution in [0.25, 0.3) is 11.1 Å². The van der Waals surface area contributed by atoms with Crippen molar-refractivity contribution >= 4 is 23.4 Å². The Labute approximate surface area is 230 Å². The molecule has 39 heavy (non-hydrogen) atoms. The molecule has 1 saturated carbocycles. The number of nitrogens with one attached hydrogen (secondary N) is 1. The average molecular weight is 528 g/mol. The van der Waals surface area contributed by atoms with Gasteiger partial charge in [-0.3, -0.25) is 0 Å². The second-order valence-corrected chi connectivity index (χ2v) is 12.1. The standard InChI is InChI=1S/C31H37N5O3/c1-30(2,3)26-20-35(17-18-36(26)29(37)38)22-13-11-21(12-14-22)33-28-32-19-24-23-9-5-6-10-25(23)39-31(27(24)34-28)15-7-4-8-16-31/h5-6,9-14,19,26H,4,7-8,15-18,20H2,1-3H3,(H,37,38)(H,32,33,34). The SMILES string of the molecule is CC(C)(C)C1CN(c2ccc(Nc3ncc4c(n3)C3(CCCCC3)Oc3ccccc3-4)cc2)CCN1C(=O)O. The van der Waals surface area contributed by atoms with Crippen molar-refractivity contribution < 1.29 is 14.6 Å². The summed E-state index contributed by atoms with van der Waals surface area (Å²) < 4.78 is 6.67. The Kier molecular flexibility index (Phi) is 6.36. The molecule has 1 aromatic heterocycles. The van der Waals surface area contributed by atoms with Gasteiger partial charge < -0.3 is 25.0 Å². The van der Waals surface area contributed by atoms with Crippen molar-refractivity contribution in [2.45, 2.75) is 64.5 Å². The van der Waals surface area contributed by atoms with Gasteiger partial charge in [-0.1, -0.05) is 45.4 Å². The molecule has 2 aliphatic heterocycles. The van der Waals surface area contributed by atoms with Crippen LogP contribution in [0.1, 0.15) is 58.6 Å². The molecule has 3 aliphatic rings. The largest absolute Gasteiger partial charge is 0.480 e. The topological polar surface area (TPSA) is 90.8 Å². The third-order valence-electron chi connectivity index (χ3n) is 8.48. The summed E-state index contributed by atoms with van der Waals surface area (Å²) in [6.07, 6.45) is 6.51. The number of fused-ring (bicyclic) bond motifs is 4. The summed E-state index contributed by atoms with van der Waals surface area (Å²) in [5.41, 5.74) is 4.54. The van der Waals surface area contributed by atoms with E-state index in [1.165, 1.54) is 6.42 Å². The Morgan fingerprint density at radius 2 is 1.77 bits per heavy atom. The number of anilines is 3. The maximum absolute atomic E-state index is 11.8. The van der Waals surface area contributed by atoms with Gasteiger partial charge in [-0.15, -0.1) is 0 Å². The molecule has 1 spiro atoms. The van der Waals surface area contributed by atoms with Gasteiger partial charge >= 0.3 is 6.09 Å². The lowest BCUT2D eigenvalue weighted by Crippen LogP contribution is -2.59. The van der Waals surface area contributed by atoms with E-state index in [1.54, 1.807) is 4.90 Å². The van der Waals surface area contributed by atoms with Crippen LogP contribution < -0.4 is 15.0 Å². The quantitative estimate of drug-likeness (QED) is 0.394. The summed E-state index contributed by atoms with van der Waals surface area (Å²) in [6.45, 7) is 8.13. The molecule has 8 nitrogen and oxygen atoms in total. The van der Waals surface area contributed by atoms with E-state index in [0.717, 1.165) is 59.6 Å². The van der Waals surface area contributed by atoms with E-state index in [2.05, 4.69) is 54.2 Å². The van der Waals surface area contributed by atoms with Gasteiger partial charge in [0.05, 0.1) is 11.7 Å². The normalized spacial score (nSPS) is 20.1. The van der Waals surface area contributed by atoms with Crippen LogP contribution in [-0.2, 0) is 5.60 Å². The van der Waals surface area contributed by atoms with Crippen LogP contribution in [0.15, 0.2) is 54.7 Å². The van der Waals surface area contributed by atoms with E-state index in [9.17, 15) is 9.90 Å². The highest BCUT2D eigenvalue weighted by molar-refractivity contribution is 5.75. The molecule has 204 valence electrons. The van der Waals surface area contributed by atoms with Gasteiger partial charge in [0.1, 0.15) is 5.75 Å². The molecule has 2 fully saturated rings. The zero-order valence-electron chi connectivity index (χ0n) is 23.0. The molecule has 3 heterocycles. The molecule has 2 N–H and O–H groups in total. The second-order valence-electron chi connectivity index (χ2n) is 12.1. The summed E-state index contributed by atoms with van der Waals surface area (Å²) in [6, 6.07) is 16.3. The van der Waals surface area contributed by atoms with E-state index in [-0.39, 0.29) is 11.5 Å². The van der Waals surface area contributed by atoms with Crippen LogP contribution >= 0.6 is 0 Å². The minimum Gasteiger partial charge on any atom is -0.480 e. The molecule has 0 radical (unpaired) electrons. The smallest absolute Gasteiger partial charge is 0.407 e. The van der Waals surface area contributed by atoms with Gasteiger partial charge in [-0.25, -0.2) is 14.8 Å². The molecule has 1 unspecified atom stereocenters. The van der Waals surface area contributed by atoms with Crippen molar-refractivity contribution in [2.75, 3.05) is 29.9 Å². The maximum atomic E-state index is 11.8. The van der Waals surface area contributed by atoms with Crippen LogP contribution in [0.4, 0.5) is 22.1 Å². The molecule has 1 saturated heterocycles. The lowest BCUT2D eigenvalue weighted by Gasteiger charge is -2.46. The highest BCUT2D eigenvalue weighted by atomic mass is 16.5. The predicted molar refractivity (Wildman–Crippen MR) is 153 cm³/mol. The molecule has 3 aromatic rings. The Hall–Kier alpha value is -3.81. The van der Waals surface area contributed by atoms with Crippen molar-refractivity contribution in [3.8, 4) is 16.9 Å². The van der Waals surface area contributed by atoms with E-state index in [1.807, 2.05) is 36.5 Å². The molecule has 6 rings (SSSR count). The number of benzene rings is 2. The van der Waals surface area contributed by atoms with Crippen molar-refractivity contribution in [2.24, 2.45) is 5.41 Å². The predicted octanol–water partition coefficient (Wildman–Crippen LogP) is 6.65. The monoisotopic (exact) mass is 527 g/mol. The molecular formula is C31H37N5O3. The van der Waals surface area contributed by atoms with Crippen LogP contribution in [0.3, 0.4) is 0 Å². The average Bonchev–Trinajstić information content (AvgIpc) is 2.93. The Morgan fingerprint density at radius 3 is 2.49 bits per heavy atom. The van der Waals surface area contributed by atoms with Gasteiger partial charge in [-0.05, 0) is 61.4 Å². The van der Waals surface area contributed by atoms with Crippen LogP contribution in [0, 0.1) is 5.41 Å². The van der Waals surface area contributed by atoms with E-state index in [0.29, 0.717) is 25.6 Å². The number of hydrogen-bond donors (Lipinski definition) is 2. The highest BCUT2D eigenvalue weighted by Crippen LogP contribution is 2.50. The van der Waals surface area contributed by atoms with Crippen molar-refractivity contribution in [1.29, 1.82) is 0 Å². The molecule has 8 heteroatoms. The molecule has 2 aromatic carbocycles. The number of amides is 1. The lowest BCUT2D eigenvalue weighted by molar-refractivity contribution is 0.0198. The van der Waals surface area contributed by atoms with Crippen molar-refractivity contribution in [3.05, 3.63) is 60.4 Å². The first-order valence-electron chi connectivity index (χ1n) is 14.0. The summed E-state index contributed by atoms with van der Waals surface area (Å²) in [5, 5.41) is 13.1. The number of hydrogen-bond acceptors (Lipinski definition) is 6. The fourth-order valence-corrected chi connectivity index (χ4v) is 6.36. The second kappa shape index (κ2) is 9.74. The first-order valence-corrected chi connectivity index (χ1v) is 14.0. The minimum absolute atomic E-state index is 0.0788. The fraction of sp³-hybridized carbons (Fsp3) is 0.452. The fourth-order valence-electron chi connectivity index (χ4n) is 6.36. The minimum atomic E-state index is -0.844. The molecule has 1 atom stereocenters. The maximum Gasteiger partial charge on any atom is 0.407 e. The molecule has 0 bridgehead atoms. The number of nitrogens with zero attached hydrogens (tertiary/aromatic N) is 4. The summed E-state index contributed by atoms with van der Waals surface area (Å²) >= 11 is 0. The van der Waals surface area contributed by atoms with Crippen LogP contribution in [-0.4, -0.2) is 51.7 Å². The van der Waals surface area contributed by atoms with Gasteiger partial charge in [0.25, 0.3) is 0 Å². The van der Waals surface area contributed by atoms with E-state index in [4.69, 9.17) is 9.72 Å². The van der Waals surface area contributed by atoms with Crippen molar-refractivity contribution in [3.63, 3.8) is 0 Å². The third-order valence-corrected chi connectivity index (χ3v) is 8.48. The number of rotatable bonds is 3. The van der Waals surface area contributed by atoms with E-state index >= 15 is 0 Å². The van der Waals surface area contributed by atoms with Gasteiger partial charge in [-0.2, -0.15) is 0 Å². The van der Waals surface area contributed by atoms with Crippen LogP contribution in [0.5, 0.6) is 5.75 Å². The molecule has 1 aliphatic carbocycles. The zero-order valence-corrected chi connectivity index (χ0v) is 23.0. The summed E-state index contributed by atoms with van der Waals surface area (Å²) in [4.78, 5) is 25.4. The summed E-state index contributed by atoms with van der Waals surface area (Å²) in [5.74, 6) is 1.49. The number of para-hydroxylation sites is 1. The number of ether oxygens (including phenoxy) is 1. The highest BCUT2D eigenvalue weighted by Gasteiger charge is 2.43. The molecule has 1 amide bonds. The number of carbonyl (C=O) groups is 1. The van der Waals surface area contributed by atoms with Gasteiger partial charge in [0, 0.05) is 48.3 Å². The van der Waals surface area contributed by atoms with Crippen LogP contribution in [0.2, 0.25) is 0 Å². The van der Waals surface area contributed by atoms with Gasteiger partial charge in [0.2, 0.25) is 5.95 Å². The van der Waals surface area contributed by atoms with Gasteiger partial charge in [0.15, 0.2) is 5.60 Å². The van der Waals surface area contributed by atoms with Crippen molar-refractivity contribution in [1.82, 2.24) is 14.9 Å². The number of carboxylic acid groups (broad SMARTS) is 1. The Morgan fingerprint density at radius 1 is 1.03 bits per heavy atom. The third kappa shape index (κ3) is 4.77. The number of aromatic nitrogens is 2. The summed E-state index contributed by atoms with van der Waals surface area (Å²) in [7, 11) is 0. The Balaban J connectivity index is 1.23.